The SMILES string of the molecule is CCC(C(=O)NCC(C)C)N(Cc1ccc(Cl)c(Cl)c1)C(=O)COc1ccccc1C. The number of rotatable bonds is 10. The lowest BCUT2D eigenvalue weighted by Gasteiger charge is -2.31. The smallest absolute Gasteiger partial charge is 0.261 e. The normalized spacial score (nSPS) is 11.8. The van der Waals surface area contributed by atoms with Crippen LogP contribution in [0.2, 0.25) is 10.0 Å². The van der Waals surface area contributed by atoms with Gasteiger partial charge in [-0.3, -0.25) is 9.59 Å². The van der Waals surface area contributed by atoms with Gasteiger partial charge in [-0.05, 0) is 48.6 Å². The fourth-order valence-corrected chi connectivity index (χ4v) is 3.44. The van der Waals surface area contributed by atoms with Crippen molar-refractivity contribution in [3.8, 4) is 5.75 Å². The zero-order chi connectivity index (χ0) is 23.0. The molecule has 0 spiro atoms. The third-order valence-electron chi connectivity index (χ3n) is 4.85. The van der Waals surface area contributed by atoms with Gasteiger partial charge in [0.2, 0.25) is 5.91 Å². The van der Waals surface area contributed by atoms with Crippen molar-refractivity contribution >= 4 is 35.0 Å². The van der Waals surface area contributed by atoms with E-state index in [2.05, 4.69) is 5.32 Å². The van der Waals surface area contributed by atoms with E-state index in [1.807, 2.05) is 52.0 Å². The first kappa shape index (κ1) is 25.0. The zero-order valence-corrected chi connectivity index (χ0v) is 20.0. The van der Waals surface area contributed by atoms with Crippen LogP contribution in [0, 0.1) is 12.8 Å². The number of aryl methyl sites for hydroxylation is 1. The number of halogens is 2. The molecule has 0 saturated heterocycles. The molecule has 0 aromatic heterocycles. The highest BCUT2D eigenvalue weighted by atomic mass is 35.5. The van der Waals surface area contributed by atoms with Crippen LogP contribution in [-0.4, -0.2) is 35.9 Å². The van der Waals surface area contributed by atoms with Gasteiger partial charge in [-0.15, -0.1) is 0 Å². The van der Waals surface area contributed by atoms with E-state index in [-0.39, 0.29) is 25.0 Å². The van der Waals surface area contributed by atoms with Crippen LogP contribution >= 0.6 is 23.2 Å². The molecule has 2 aromatic rings. The van der Waals surface area contributed by atoms with Gasteiger partial charge in [0.05, 0.1) is 10.0 Å². The molecule has 1 atom stereocenters. The van der Waals surface area contributed by atoms with Crippen LogP contribution in [-0.2, 0) is 16.1 Å². The summed E-state index contributed by atoms with van der Waals surface area (Å²) in [7, 11) is 0. The van der Waals surface area contributed by atoms with Crippen LogP contribution < -0.4 is 10.1 Å². The highest BCUT2D eigenvalue weighted by Gasteiger charge is 2.29. The predicted molar refractivity (Wildman–Crippen MR) is 126 cm³/mol. The van der Waals surface area contributed by atoms with Crippen molar-refractivity contribution in [3.63, 3.8) is 0 Å². The van der Waals surface area contributed by atoms with Crippen LogP contribution in [0.15, 0.2) is 42.5 Å². The molecule has 0 aliphatic carbocycles. The van der Waals surface area contributed by atoms with Crippen molar-refractivity contribution in [1.82, 2.24) is 10.2 Å². The Labute approximate surface area is 194 Å². The van der Waals surface area contributed by atoms with Crippen LogP contribution in [0.3, 0.4) is 0 Å². The van der Waals surface area contributed by atoms with Crippen molar-refractivity contribution < 1.29 is 14.3 Å². The van der Waals surface area contributed by atoms with E-state index in [0.717, 1.165) is 11.1 Å². The van der Waals surface area contributed by atoms with Gasteiger partial charge in [-0.25, -0.2) is 0 Å². The average Bonchev–Trinajstić information content (AvgIpc) is 2.73. The maximum absolute atomic E-state index is 13.2. The maximum atomic E-state index is 13.2. The summed E-state index contributed by atoms with van der Waals surface area (Å²) in [5, 5.41) is 3.78. The predicted octanol–water partition coefficient (Wildman–Crippen LogP) is 5.26. The zero-order valence-electron chi connectivity index (χ0n) is 18.5. The molecular formula is C24H30Cl2N2O3. The molecule has 0 saturated carbocycles. The van der Waals surface area contributed by atoms with Crippen molar-refractivity contribution in [2.75, 3.05) is 13.2 Å². The standard InChI is InChI=1S/C24H30Cl2N2O3/c1-5-21(24(30)27-13-16(2)3)28(14-18-10-11-19(25)20(26)12-18)23(29)15-31-22-9-7-6-8-17(22)4/h6-12,16,21H,5,13-15H2,1-4H3,(H,27,30). The highest BCUT2D eigenvalue weighted by Crippen LogP contribution is 2.24. The van der Waals surface area contributed by atoms with Gasteiger partial charge in [0.15, 0.2) is 6.61 Å². The number of benzene rings is 2. The first-order valence-corrected chi connectivity index (χ1v) is 11.2. The monoisotopic (exact) mass is 464 g/mol. The van der Waals surface area contributed by atoms with Gasteiger partial charge in [0, 0.05) is 13.1 Å². The molecule has 31 heavy (non-hydrogen) atoms. The van der Waals surface area contributed by atoms with Crippen molar-refractivity contribution in [1.29, 1.82) is 0 Å². The Morgan fingerprint density at radius 1 is 1.10 bits per heavy atom. The Balaban J connectivity index is 2.24. The lowest BCUT2D eigenvalue weighted by Crippen LogP contribution is -2.50. The summed E-state index contributed by atoms with van der Waals surface area (Å²) >= 11 is 12.2. The Bertz CT molecular complexity index is 902. The van der Waals surface area contributed by atoms with Gasteiger partial charge in [-0.2, -0.15) is 0 Å². The molecule has 0 bridgehead atoms. The molecule has 0 aliphatic heterocycles. The van der Waals surface area contributed by atoms with E-state index in [1.54, 1.807) is 23.1 Å². The minimum Gasteiger partial charge on any atom is -0.484 e. The average molecular weight is 465 g/mol. The Morgan fingerprint density at radius 3 is 2.42 bits per heavy atom. The second kappa shape index (κ2) is 12.0. The number of hydrogen-bond donors (Lipinski definition) is 1. The third kappa shape index (κ3) is 7.44. The van der Waals surface area contributed by atoms with E-state index < -0.39 is 6.04 Å². The van der Waals surface area contributed by atoms with Gasteiger partial charge < -0.3 is 15.0 Å². The molecule has 168 valence electrons. The summed E-state index contributed by atoms with van der Waals surface area (Å²) < 4.78 is 5.76. The number of nitrogens with zero attached hydrogens (tertiary/aromatic N) is 1. The number of nitrogens with one attached hydrogen (secondary N) is 1. The van der Waals surface area contributed by atoms with Gasteiger partial charge >= 0.3 is 0 Å². The molecular weight excluding hydrogens is 435 g/mol. The summed E-state index contributed by atoms with van der Waals surface area (Å²) in [5.74, 6) is 0.495. The van der Waals surface area contributed by atoms with E-state index in [9.17, 15) is 9.59 Å². The van der Waals surface area contributed by atoms with Gasteiger partial charge in [0.1, 0.15) is 11.8 Å². The number of para-hydroxylation sites is 1. The lowest BCUT2D eigenvalue weighted by atomic mass is 10.1. The molecule has 0 heterocycles. The van der Waals surface area contributed by atoms with Crippen molar-refractivity contribution in [2.24, 2.45) is 5.92 Å². The van der Waals surface area contributed by atoms with Crippen LogP contribution in [0.5, 0.6) is 5.75 Å². The van der Waals surface area contributed by atoms with Crippen LogP contribution in [0.4, 0.5) is 0 Å². The number of hydrogen-bond acceptors (Lipinski definition) is 3. The van der Waals surface area contributed by atoms with E-state index >= 15 is 0 Å². The fourth-order valence-electron chi connectivity index (χ4n) is 3.12. The molecule has 2 rings (SSSR count). The minimum absolute atomic E-state index is 0.167. The lowest BCUT2D eigenvalue weighted by molar-refractivity contribution is -0.143. The molecule has 1 unspecified atom stereocenters. The molecule has 2 aromatic carbocycles. The first-order valence-electron chi connectivity index (χ1n) is 10.4. The third-order valence-corrected chi connectivity index (χ3v) is 5.59. The van der Waals surface area contributed by atoms with Crippen molar-refractivity contribution in [3.05, 3.63) is 63.6 Å². The first-order chi connectivity index (χ1) is 14.7. The summed E-state index contributed by atoms with van der Waals surface area (Å²) in [6.45, 7) is 8.45. The van der Waals surface area contributed by atoms with E-state index in [0.29, 0.717) is 34.7 Å². The van der Waals surface area contributed by atoms with Crippen LogP contribution in [0.1, 0.15) is 38.3 Å². The molecule has 0 radical (unpaired) electrons. The number of ether oxygens (including phenoxy) is 1. The highest BCUT2D eigenvalue weighted by molar-refractivity contribution is 6.42. The second-order valence-electron chi connectivity index (χ2n) is 7.89. The molecule has 2 amide bonds. The quantitative estimate of drug-likeness (QED) is 0.521. The Kier molecular flexibility index (Phi) is 9.66. The summed E-state index contributed by atoms with van der Waals surface area (Å²) in [6.07, 6.45) is 0.474. The topological polar surface area (TPSA) is 58.6 Å². The number of amides is 2. The molecule has 0 aliphatic rings. The fraction of sp³-hybridized carbons (Fsp3) is 0.417. The summed E-state index contributed by atoms with van der Waals surface area (Å²) in [6, 6.07) is 12.1. The summed E-state index contributed by atoms with van der Waals surface area (Å²) in [4.78, 5) is 27.6. The van der Waals surface area contributed by atoms with E-state index in [4.69, 9.17) is 27.9 Å². The second-order valence-corrected chi connectivity index (χ2v) is 8.70. The van der Waals surface area contributed by atoms with Crippen molar-refractivity contribution in [2.45, 2.75) is 46.7 Å². The number of carbonyl (C=O) groups excluding carboxylic acids is 2. The molecule has 7 heteroatoms. The Hall–Kier alpha value is -2.24. The van der Waals surface area contributed by atoms with E-state index in [1.165, 1.54) is 0 Å². The maximum Gasteiger partial charge on any atom is 0.261 e. The largest absolute Gasteiger partial charge is 0.484 e. The summed E-state index contributed by atoms with van der Waals surface area (Å²) in [5.41, 5.74) is 1.72. The minimum atomic E-state index is -0.624. The molecule has 0 fully saturated rings. The molecule has 1 N–H and O–H groups in total. The van der Waals surface area contributed by atoms with Gasteiger partial charge in [-0.1, -0.05) is 68.2 Å². The van der Waals surface area contributed by atoms with Gasteiger partial charge in [0.25, 0.3) is 5.91 Å². The number of carbonyl (C=O) groups is 2. The Morgan fingerprint density at radius 2 is 1.81 bits per heavy atom. The van der Waals surface area contributed by atoms with Crippen LogP contribution in [0.25, 0.3) is 0 Å². The molecule has 5 nitrogen and oxygen atoms in total.